The summed E-state index contributed by atoms with van der Waals surface area (Å²) in [5, 5.41) is 10.5. The minimum atomic E-state index is -0.621. The Bertz CT molecular complexity index is 376. The van der Waals surface area contributed by atoms with E-state index in [0.717, 1.165) is 0 Å². The number of pyridine rings is 1. The molecule has 0 saturated heterocycles. The highest BCUT2D eigenvalue weighted by molar-refractivity contribution is 5.95. The van der Waals surface area contributed by atoms with E-state index in [9.17, 15) is 14.9 Å². The van der Waals surface area contributed by atoms with Crippen LogP contribution in [-0.2, 0) is 0 Å². The second-order valence-electron chi connectivity index (χ2n) is 2.83. The summed E-state index contributed by atoms with van der Waals surface area (Å²) < 4.78 is 0. The number of carbonyl (C=O) groups excluding carboxylic acids is 1. The molecule has 0 saturated carbocycles. The topological polar surface area (TPSA) is 76.3 Å². The van der Waals surface area contributed by atoms with E-state index in [4.69, 9.17) is 0 Å². The summed E-state index contributed by atoms with van der Waals surface area (Å²) in [6, 6.07) is 2.67. The van der Waals surface area contributed by atoms with Crippen molar-refractivity contribution < 1.29 is 9.72 Å². The number of aromatic nitrogens is 1. The molecule has 0 aromatic carbocycles. The van der Waals surface area contributed by atoms with Crippen molar-refractivity contribution in [2.45, 2.75) is 0 Å². The van der Waals surface area contributed by atoms with E-state index in [1.165, 1.54) is 37.3 Å². The standard InChI is InChI=1S/C8H9N3O3/c1-10(2)8(12)7-6(11(13)14)4-3-5-9-7/h3-5H,1-2H3. The first-order valence-corrected chi connectivity index (χ1v) is 3.85. The molecule has 1 heterocycles. The second-order valence-corrected chi connectivity index (χ2v) is 2.83. The summed E-state index contributed by atoms with van der Waals surface area (Å²) in [6.07, 6.45) is 1.35. The lowest BCUT2D eigenvalue weighted by Gasteiger charge is -2.08. The maximum absolute atomic E-state index is 11.4. The van der Waals surface area contributed by atoms with E-state index in [0.29, 0.717) is 0 Å². The molecule has 6 nitrogen and oxygen atoms in total. The van der Waals surface area contributed by atoms with Crippen molar-refractivity contribution >= 4 is 11.6 Å². The van der Waals surface area contributed by atoms with Crippen molar-refractivity contribution in [1.82, 2.24) is 9.88 Å². The molecule has 1 rings (SSSR count). The second kappa shape index (κ2) is 3.82. The highest BCUT2D eigenvalue weighted by Gasteiger charge is 2.21. The Morgan fingerprint density at radius 3 is 2.71 bits per heavy atom. The maximum Gasteiger partial charge on any atom is 0.300 e. The summed E-state index contributed by atoms with van der Waals surface area (Å²) >= 11 is 0. The molecule has 0 unspecified atom stereocenters. The summed E-state index contributed by atoms with van der Waals surface area (Å²) in [5.74, 6) is -0.475. The lowest BCUT2D eigenvalue weighted by molar-refractivity contribution is -0.385. The SMILES string of the molecule is CN(C)C(=O)c1ncccc1[N+](=O)[O-]. The van der Waals surface area contributed by atoms with E-state index in [1.807, 2.05) is 0 Å². The summed E-state index contributed by atoms with van der Waals surface area (Å²) in [4.78, 5) is 26.3. The Hall–Kier alpha value is -1.98. The van der Waals surface area contributed by atoms with Crippen LogP contribution in [0.4, 0.5) is 5.69 Å². The lowest BCUT2D eigenvalue weighted by atomic mass is 10.3. The fraction of sp³-hybridized carbons (Fsp3) is 0.250. The van der Waals surface area contributed by atoms with Crippen LogP contribution in [0.3, 0.4) is 0 Å². The van der Waals surface area contributed by atoms with E-state index in [-0.39, 0.29) is 11.4 Å². The van der Waals surface area contributed by atoms with Gasteiger partial charge in [0, 0.05) is 26.4 Å². The molecule has 0 aliphatic rings. The maximum atomic E-state index is 11.4. The molecular formula is C8H9N3O3. The third-order valence-corrected chi connectivity index (χ3v) is 1.59. The predicted octanol–water partition coefficient (Wildman–Crippen LogP) is 0.692. The van der Waals surface area contributed by atoms with Gasteiger partial charge in [0.1, 0.15) is 0 Å². The molecule has 0 radical (unpaired) electrons. The van der Waals surface area contributed by atoms with Crippen molar-refractivity contribution in [3.8, 4) is 0 Å². The fourth-order valence-corrected chi connectivity index (χ4v) is 0.921. The number of amides is 1. The van der Waals surface area contributed by atoms with Crippen molar-refractivity contribution in [2.24, 2.45) is 0 Å². The number of carbonyl (C=O) groups is 1. The van der Waals surface area contributed by atoms with Crippen LogP contribution >= 0.6 is 0 Å². The third kappa shape index (κ3) is 1.85. The number of hydrogen-bond acceptors (Lipinski definition) is 4. The zero-order chi connectivity index (χ0) is 10.7. The van der Waals surface area contributed by atoms with E-state index >= 15 is 0 Å². The van der Waals surface area contributed by atoms with Gasteiger partial charge in [0.05, 0.1) is 4.92 Å². The molecule has 0 atom stereocenters. The van der Waals surface area contributed by atoms with Crippen LogP contribution in [0, 0.1) is 10.1 Å². The Kier molecular flexibility index (Phi) is 2.76. The van der Waals surface area contributed by atoms with Crippen LogP contribution in [0.25, 0.3) is 0 Å². The van der Waals surface area contributed by atoms with Crippen LogP contribution < -0.4 is 0 Å². The minimum absolute atomic E-state index is 0.137. The largest absolute Gasteiger partial charge is 0.343 e. The van der Waals surface area contributed by atoms with Crippen LogP contribution in [-0.4, -0.2) is 34.8 Å². The third-order valence-electron chi connectivity index (χ3n) is 1.59. The number of rotatable bonds is 2. The van der Waals surface area contributed by atoms with Gasteiger partial charge >= 0.3 is 5.69 Å². The summed E-state index contributed by atoms with van der Waals surface area (Å²) in [6.45, 7) is 0. The first-order chi connectivity index (χ1) is 6.54. The Morgan fingerprint density at radius 1 is 1.57 bits per heavy atom. The van der Waals surface area contributed by atoms with Gasteiger partial charge in [0.2, 0.25) is 5.69 Å². The van der Waals surface area contributed by atoms with E-state index in [2.05, 4.69) is 4.98 Å². The first kappa shape index (κ1) is 10.1. The fourth-order valence-electron chi connectivity index (χ4n) is 0.921. The van der Waals surface area contributed by atoms with Crippen LogP contribution in [0.1, 0.15) is 10.5 Å². The van der Waals surface area contributed by atoms with Crippen molar-refractivity contribution in [3.05, 3.63) is 34.1 Å². The van der Waals surface area contributed by atoms with Crippen molar-refractivity contribution in [3.63, 3.8) is 0 Å². The van der Waals surface area contributed by atoms with Crippen molar-refractivity contribution in [2.75, 3.05) is 14.1 Å². The predicted molar refractivity (Wildman–Crippen MR) is 48.9 cm³/mol. The van der Waals surface area contributed by atoms with Crippen LogP contribution in [0.5, 0.6) is 0 Å². The molecule has 1 aromatic heterocycles. The zero-order valence-corrected chi connectivity index (χ0v) is 7.80. The molecule has 6 heteroatoms. The van der Waals surface area contributed by atoms with Gasteiger partial charge in [0.15, 0.2) is 0 Å². The van der Waals surface area contributed by atoms with Gasteiger partial charge in [0.25, 0.3) is 5.91 Å². The van der Waals surface area contributed by atoms with Gasteiger partial charge in [-0.25, -0.2) is 4.98 Å². The highest BCUT2D eigenvalue weighted by Crippen LogP contribution is 2.15. The quantitative estimate of drug-likeness (QED) is 0.514. The molecule has 0 fully saturated rings. The van der Waals surface area contributed by atoms with Gasteiger partial charge in [-0.2, -0.15) is 0 Å². The molecule has 0 aliphatic carbocycles. The Morgan fingerprint density at radius 2 is 2.21 bits per heavy atom. The smallest absolute Gasteiger partial charge is 0.300 e. The van der Waals surface area contributed by atoms with Gasteiger partial charge in [-0.3, -0.25) is 14.9 Å². The van der Waals surface area contributed by atoms with Crippen LogP contribution in [0.15, 0.2) is 18.3 Å². The number of hydrogen-bond donors (Lipinski definition) is 0. The van der Waals surface area contributed by atoms with Gasteiger partial charge in [-0.05, 0) is 6.07 Å². The molecule has 0 bridgehead atoms. The molecule has 0 aliphatic heterocycles. The summed E-state index contributed by atoms with van der Waals surface area (Å²) in [5.41, 5.74) is -0.409. The van der Waals surface area contributed by atoms with E-state index < -0.39 is 10.8 Å². The Labute approximate surface area is 80.3 Å². The molecule has 0 spiro atoms. The normalized spacial score (nSPS) is 9.57. The van der Waals surface area contributed by atoms with Crippen LogP contribution in [0.2, 0.25) is 0 Å². The highest BCUT2D eigenvalue weighted by atomic mass is 16.6. The molecule has 1 aromatic rings. The average Bonchev–Trinajstić information content (AvgIpc) is 2.16. The molecule has 74 valence electrons. The number of nitrogens with zero attached hydrogens (tertiary/aromatic N) is 3. The zero-order valence-electron chi connectivity index (χ0n) is 7.80. The average molecular weight is 195 g/mol. The monoisotopic (exact) mass is 195 g/mol. The van der Waals surface area contributed by atoms with Gasteiger partial charge in [-0.15, -0.1) is 0 Å². The molecule has 1 amide bonds. The molecule has 14 heavy (non-hydrogen) atoms. The first-order valence-electron chi connectivity index (χ1n) is 3.85. The van der Waals surface area contributed by atoms with E-state index in [1.54, 1.807) is 0 Å². The minimum Gasteiger partial charge on any atom is -0.343 e. The molecular weight excluding hydrogens is 186 g/mol. The Balaban J connectivity index is 3.20. The molecule has 0 N–H and O–H groups in total. The number of nitro groups is 1. The van der Waals surface area contributed by atoms with Gasteiger partial charge in [-0.1, -0.05) is 0 Å². The lowest BCUT2D eigenvalue weighted by Crippen LogP contribution is -2.23. The summed E-state index contributed by atoms with van der Waals surface area (Å²) in [7, 11) is 3.03. The van der Waals surface area contributed by atoms with Crippen molar-refractivity contribution in [1.29, 1.82) is 0 Å². The van der Waals surface area contributed by atoms with Gasteiger partial charge < -0.3 is 4.90 Å².